The van der Waals surface area contributed by atoms with E-state index < -0.39 is 0 Å². The van der Waals surface area contributed by atoms with Crippen molar-refractivity contribution < 1.29 is 0 Å². The van der Waals surface area contributed by atoms with Crippen molar-refractivity contribution in [2.75, 3.05) is 6.54 Å². The van der Waals surface area contributed by atoms with Gasteiger partial charge in [-0.15, -0.1) is 0 Å². The molecule has 3 heteroatoms. The third-order valence-electron chi connectivity index (χ3n) is 4.68. The molecule has 18 heavy (non-hydrogen) atoms. The van der Waals surface area contributed by atoms with Crippen LogP contribution in [0.3, 0.4) is 0 Å². The van der Waals surface area contributed by atoms with E-state index in [2.05, 4.69) is 28.8 Å². The van der Waals surface area contributed by atoms with Crippen molar-refractivity contribution in [1.82, 2.24) is 9.55 Å². The van der Waals surface area contributed by atoms with E-state index in [1.54, 1.807) is 0 Å². The van der Waals surface area contributed by atoms with Crippen LogP contribution in [-0.4, -0.2) is 16.1 Å². The van der Waals surface area contributed by atoms with Gasteiger partial charge in [-0.1, -0.05) is 18.6 Å². The molecule has 0 bridgehead atoms. The average molecular weight is 241 g/mol. The van der Waals surface area contributed by atoms with E-state index in [1.807, 2.05) is 0 Å². The summed E-state index contributed by atoms with van der Waals surface area (Å²) >= 11 is 0. The summed E-state index contributed by atoms with van der Waals surface area (Å²) in [5.74, 6) is 1.26. The number of hydrogen-bond acceptors (Lipinski definition) is 2. The van der Waals surface area contributed by atoms with Crippen molar-refractivity contribution in [3.63, 3.8) is 0 Å². The van der Waals surface area contributed by atoms with Crippen LogP contribution in [-0.2, 0) is 5.41 Å². The normalized spacial score (nSPS) is 22.1. The molecule has 1 heterocycles. The van der Waals surface area contributed by atoms with Gasteiger partial charge in [-0.2, -0.15) is 0 Å². The highest BCUT2D eigenvalue weighted by Crippen LogP contribution is 2.47. The summed E-state index contributed by atoms with van der Waals surface area (Å²) in [6.07, 6.45) is 6.31. The van der Waals surface area contributed by atoms with Gasteiger partial charge in [-0.3, -0.25) is 0 Å². The molecule has 0 unspecified atom stereocenters. The Balaban J connectivity index is 1.96. The molecule has 94 valence electrons. The molecule has 0 spiro atoms. The zero-order chi connectivity index (χ0) is 12.2. The van der Waals surface area contributed by atoms with E-state index in [-0.39, 0.29) is 5.41 Å². The molecular formula is C15H19N3. The molecular weight excluding hydrogens is 222 g/mol. The molecule has 2 fully saturated rings. The van der Waals surface area contributed by atoms with Gasteiger partial charge in [0.25, 0.3) is 0 Å². The summed E-state index contributed by atoms with van der Waals surface area (Å²) in [7, 11) is 0. The summed E-state index contributed by atoms with van der Waals surface area (Å²) in [6.45, 7) is 0.739. The highest BCUT2D eigenvalue weighted by Gasteiger charge is 2.43. The molecule has 2 saturated carbocycles. The lowest BCUT2D eigenvalue weighted by molar-refractivity contribution is 0.231. The van der Waals surface area contributed by atoms with Crippen LogP contribution in [0.15, 0.2) is 24.3 Å². The monoisotopic (exact) mass is 241 g/mol. The van der Waals surface area contributed by atoms with Crippen LogP contribution in [0, 0.1) is 0 Å². The number of rotatable bonds is 3. The summed E-state index contributed by atoms with van der Waals surface area (Å²) in [5, 5.41) is 0. The number of nitrogens with two attached hydrogens (primary N) is 1. The zero-order valence-corrected chi connectivity index (χ0v) is 10.6. The Morgan fingerprint density at radius 2 is 2.06 bits per heavy atom. The molecule has 0 radical (unpaired) electrons. The van der Waals surface area contributed by atoms with Crippen molar-refractivity contribution in [3.05, 3.63) is 30.1 Å². The largest absolute Gasteiger partial charge is 0.329 e. The molecule has 0 aliphatic heterocycles. The topological polar surface area (TPSA) is 43.8 Å². The molecule has 1 aromatic carbocycles. The van der Waals surface area contributed by atoms with Crippen molar-refractivity contribution in [1.29, 1.82) is 0 Å². The van der Waals surface area contributed by atoms with E-state index in [9.17, 15) is 0 Å². The Morgan fingerprint density at radius 1 is 1.28 bits per heavy atom. The van der Waals surface area contributed by atoms with Gasteiger partial charge in [0.1, 0.15) is 5.82 Å². The van der Waals surface area contributed by atoms with E-state index in [4.69, 9.17) is 10.7 Å². The van der Waals surface area contributed by atoms with Crippen LogP contribution in [0.25, 0.3) is 11.0 Å². The highest BCUT2D eigenvalue weighted by atomic mass is 15.1. The third kappa shape index (κ3) is 1.31. The highest BCUT2D eigenvalue weighted by molar-refractivity contribution is 5.76. The molecule has 2 aliphatic carbocycles. The van der Waals surface area contributed by atoms with Crippen molar-refractivity contribution in [2.45, 2.75) is 43.6 Å². The van der Waals surface area contributed by atoms with Crippen molar-refractivity contribution in [3.8, 4) is 0 Å². The minimum absolute atomic E-state index is 0.168. The lowest BCUT2D eigenvalue weighted by Crippen LogP contribution is -2.43. The summed E-state index contributed by atoms with van der Waals surface area (Å²) in [6, 6.07) is 9.19. The Labute approximate surface area is 107 Å². The van der Waals surface area contributed by atoms with Crippen LogP contribution >= 0.6 is 0 Å². The van der Waals surface area contributed by atoms with E-state index >= 15 is 0 Å². The Hall–Kier alpha value is -1.35. The molecule has 1 aromatic heterocycles. The summed E-state index contributed by atoms with van der Waals surface area (Å²) in [5.41, 5.74) is 8.67. The second-order valence-corrected chi connectivity index (χ2v) is 5.86. The smallest absolute Gasteiger partial charge is 0.117 e. The Kier molecular flexibility index (Phi) is 2.10. The van der Waals surface area contributed by atoms with Crippen molar-refractivity contribution >= 4 is 11.0 Å². The minimum Gasteiger partial charge on any atom is -0.329 e. The van der Waals surface area contributed by atoms with Gasteiger partial charge in [0, 0.05) is 18.0 Å². The SMILES string of the molecule is NCC1(c2nc3ccccc3n2C2CC2)CCC1. The van der Waals surface area contributed by atoms with Gasteiger partial charge in [0.15, 0.2) is 0 Å². The van der Waals surface area contributed by atoms with Crippen LogP contribution in [0.5, 0.6) is 0 Å². The predicted molar refractivity (Wildman–Crippen MR) is 72.6 cm³/mol. The maximum Gasteiger partial charge on any atom is 0.117 e. The number of nitrogens with zero attached hydrogens (tertiary/aromatic N) is 2. The first kappa shape index (κ1) is 10.6. The van der Waals surface area contributed by atoms with Gasteiger partial charge in [-0.25, -0.2) is 4.98 Å². The quantitative estimate of drug-likeness (QED) is 0.898. The minimum atomic E-state index is 0.168. The number of aromatic nitrogens is 2. The zero-order valence-electron chi connectivity index (χ0n) is 10.6. The second-order valence-electron chi connectivity index (χ2n) is 5.86. The number of hydrogen-bond donors (Lipinski definition) is 1. The molecule has 4 rings (SSSR count). The van der Waals surface area contributed by atoms with E-state index in [0.717, 1.165) is 12.1 Å². The number of benzene rings is 1. The molecule has 0 saturated heterocycles. The standard InChI is InChI=1S/C15H19N3/c16-10-15(8-3-9-15)14-17-12-4-1-2-5-13(12)18(14)11-6-7-11/h1-2,4-5,11H,3,6-10,16H2. The molecule has 3 nitrogen and oxygen atoms in total. The Morgan fingerprint density at radius 3 is 2.67 bits per heavy atom. The number of para-hydroxylation sites is 2. The summed E-state index contributed by atoms with van der Waals surface area (Å²) in [4.78, 5) is 4.92. The van der Waals surface area contributed by atoms with Gasteiger partial charge < -0.3 is 10.3 Å². The predicted octanol–water partition coefficient (Wildman–Crippen LogP) is 2.75. The first-order valence-corrected chi connectivity index (χ1v) is 7.02. The molecule has 2 N–H and O–H groups in total. The van der Waals surface area contributed by atoms with Gasteiger partial charge in [0.2, 0.25) is 0 Å². The fourth-order valence-electron chi connectivity index (χ4n) is 3.24. The van der Waals surface area contributed by atoms with Crippen LogP contribution in [0.1, 0.15) is 44.0 Å². The molecule has 2 aromatic rings. The van der Waals surface area contributed by atoms with Crippen LogP contribution in [0.4, 0.5) is 0 Å². The fraction of sp³-hybridized carbons (Fsp3) is 0.533. The molecule has 0 atom stereocenters. The second kappa shape index (κ2) is 3.58. The first-order valence-electron chi connectivity index (χ1n) is 7.02. The van der Waals surface area contributed by atoms with Gasteiger partial charge in [0.05, 0.1) is 11.0 Å². The number of imidazole rings is 1. The maximum atomic E-state index is 6.06. The van der Waals surface area contributed by atoms with Crippen LogP contribution < -0.4 is 5.73 Å². The first-order chi connectivity index (χ1) is 8.84. The number of fused-ring (bicyclic) bond motifs is 1. The maximum absolute atomic E-state index is 6.06. The summed E-state index contributed by atoms with van der Waals surface area (Å²) < 4.78 is 2.49. The Bertz CT molecular complexity index is 585. The van der Waals surface area contributed by atoms with E-state index in [0.29, 0.717) is 6.04 Å². The third-order valence-corrected chi connectivity index (χ3v) is 4.68. The van der Waals surface area contributed by atoms with Crippen molar-refractivity contribution in [2.24, 2.45) is 5.73 Å². The van der Waals surface area contributed by atoms with Gasteiger partial charge in [-0.05, 0) is 37.8 Å². The van der Waals surface area contributed by atoms with Gasteiger partial charge >= 0.3 is 0 Å². The van der Waals surface area contributed by atoms with E-state index in [1.165, 1.54) is 43.4 Å². The fourth-order valence-corrected chi connectivity index (χ4v) is 3.24. The molecule has 0 amide bonds. The van der Waals surface area contributed by atoms with Crippen LogP contribution in [0.2, 0.25) is 0 Å². The lowest BCUT2D eigenvalue weighted by atomic mass is 9.68. The average Bonchev–Trinajstić information content (AvgIpc) is 3.10. The molecule has 2 aliphatic rings. The lowest BCUT2D eigenvalue weighted by Gasteiger charge is -2.40.